The Bertz CT molecular complexity index is 1180. The van der Waals surface area contributed by atoms with Gasteiger partial charge in [0.2, 0.25) is 5.91 Å². The number of carbonyl (C=O) groups excluding carboxylic acids is 2. The highest BCUT2D eigenvalue weighted by molar-refractivity contribution is 6.06. The van der Waals surface area contributed by atoms with E-state index in [-0.39, 0.29) is 18.8 Å². The third-order valence-corrected chi connectivity index (χ3v) is 5.83. The number of benzene rings is 2. The molecule has 3 aromatic rings. The number of H-pyrrole nitrogens is 1. The molecule has 0 aliphatic carbocycles. The molecule has 1 aliphatic rings. The van der Waals surface area contributed by atoms with Gasteiger partial charge in [0, 0.05) is 43.3 Å². The summed E-state index contributed by atoms with van der Waals surface area (Å²) < 4.78 is 54.6. The summed E-state index contributed by atoms with van der Waals surface area (Å²) in [7, 11) is 0. The van der Waals surface area contributed by atoms with Crippen molar-refractivity contribution in [2.45, 2.75) is 26.1 Å². The van der Waals surface area contributed by atoms with Crippen LogP contribution >= 0.6 is 0 Å². The molecule has 2 N–H and O–H groups in total. The lowest BCUT2D eigenvalue weighted by Crippen LogP contribution is -2.60. The Morgan fingerprint density at radius 2 is 1.88 bits per heavy atom. The molecular formula is C23H22F4N4O2. The van der Waals surface area contributed by atoms with Crippen molar-refractivity contribution in [3.05, 3.63) is 59.5 Å². The van der Waals surface area contributed by atoms with Crippen LogP contribution < -0.4 is 10.2 Å². The molecule has 0 radical (unpaired) electrons. The summed E-state index contributed by atoms with van der Waals surface area (Å²) in [6.07, 6.45) is -4.56. The largest absolute Gasteiger partial charge is 0.410 e. The van der Waals surface area contributed by atoms with E-state index < -0.39 is 36.4 Å². The highest BCUT2D eigenvalue weighted by Gasteiger charge is 2.47. The van der Waals surface area contributed by atoms with E-state index in [2.05, 4.69) is 10.3 Å². The Morgan fingerprint density at radius 3 is 2.55 bits per heavy atom. The molecule has 1 fully saturated rings. The van der Waals surface area contributed by atoms with Crippen molar-refractivity contribution >= 4 is 34.1 Å². The third kappa shape index (κ3) is 4.50. The molecule has 0 saturated carbocycles. The molecule has 1 aromatic heterocycles. The maximum absolute atomic E-state index is 14.1. The number of aryl methyl sites for hydroxylation is 1. The highest BCUT2D eigenvalue weighted by atomic mass is 19.4. The summed E-state index contributed by atoms with van der Waals surface area (Å²) in [6.45, 7) is 2.69. The number of hydrogen-bond donors (Lipinski definition) is 2. The van der Waals surface area contributed by atoms with Crippen LogP contribution in [0.2, 0.25) is 0 Å². The predicted octanol–water partition coefficient (Wildman–Crippen LogP) is 4.47. The first-order valence-corrected chi connectivity index (χ1v) is 10.3. The van der Waals surface area contributed by atoms with Crippen LogP contribution in [0.1, 0.15) is 23.0 Å². The molecule has 10 heteroatoms. The minimum absolute atomic E-state index is 0.0594. The summed E-state index contributed by atoms with van der Waals surface area (Å²) in [4.78, 5) is 29.7. The third-order valence-electron chi connectivity index (χ3n) is 5.83. The fraction of sp³-hybridized carbons (Fsp3) is 0.304. The molecule has 6 nitrogen and oxygen atoms in total. The number of rotatable bonds is 3. The van der Waals surface area contributed by atoms with E-state index in [1.807, 2.05) is 0 Å². The summed E-state index contributed by atoms with van der Waals surface area (Å²) in [6, 6.07) is 8.91. The minimum Gasteiger partial charge on any atom is -0.367 e. The Labute approximate surface area is 187 Å². The Balaban J connectivity index is 1.54. The second-order valence-corrected chi connectivity index (χ2v) is 8.06. The number of piperazine rings is 1. The first-order chi connectivity index (χ1) is 15.5. The topological polar surface area (TPSA) is 68.4 Å². The number of anilines is 2. The SMILES string of the molecule is CC(=O)N1CCN(c2cccc(NC(=O)c3cc4c(F)ccc(C)c4[nH]3)c2)CC1C(F)(F)F. The van der Waals surface area contributed by atoms with Crippen molar-refractivity contribution in [3.8, 4) is 0 Å². The summed E-state index contributed by atoms with van der Waals surface area (Å²) >= 11 is 0. The summed E-state index contributed by atoms with van der Waals surface area (Å²) in [5.74, 6) is -1.57. The number of hydrogen-bond acceptors (Lipinski definition) is 3. The van der Waals surface area contributed by atoms with Crippen LogP contribution in [-0.4, -0.2) is 53.6 Å². The number of aromatic nitrogens is 1. The zero-order chi connectivity index (χ0) is 23.9. The average Bonchev–Trinajstić information content (AvgIpc) is 3.23. The zero-order valence-corrected chi connectivity index (χ0v) is 18.0. The van der Waals surface area contributed by atoms with E-state index in [0.29, 0.717) is 22.3 Å². The molecule has 33 heavy (non-hydrogen) atoms. The smallest absolute Gasteiger partial charge is 0.367 e. The van der Waals surface area contributed by atoms with Crippen molar-refractivity contribution in [2.75, 3.05) is 29.9 Å². The second kappa shape index (κ2) is 8.42. The van der Waals surface area contributed by atoms with Crippen LogP contribution in [0.3, 0.4) is 0 Å². The number of fused-ring (bicyclic) bond motifs is 1. The lowest BCUT2D eigenvalue weighted by molar-refractivity contribution is -0.189. The molecule has 0 spiro atoms. The normalized spacial score (nSPS) is 16.8. The van der Waals surface area contributed by atoms with E-state index >= 15 is 0 Å². The van der Waals surface area contributed by atoms with Crippen LogP contribution in [0.4, 0.5) is 28.9 Å². The number of aromatic amines is 1. The second-order valence-electron chi connectivity index (χ2n) is 8.06. The van der Waals surface area contributed by atoms with Gasteiger partial charge in [-0.15, -0.1) is 0 Å². The van der Waals surface area contributed by atoms with Crippen molar-refractivity contribution in [1.29, 1.82) is 0 Å². The number of amides is 2. The predicted molar refractivity (Wildman–Crippen MR) is 117 cm³/mol. The van der Waals surface area contributed by atoms with Gasteiger partial charge in [-0.3, -0.25) is 9.59 Å². The van der Waals surface area contributed by atoms with E-state index in [0.717, 1.165) is 17.4 Å². The molecule has 1 atom stereocenters. The van der Waals surface area contributed by atoms with Gasteiger partial charge in [-0.05, 0) is 42.8 Å². The molecule has 1 saturated heterocycles. The van der Waals surface area contributed by atoms with Crippen LogP contribution in [-0.2, 0) is 4.79 Å². The van der Waals surface area contributed by atoms with Crippen LogP contribution in [0.25, 0.3) is 10.9 Å². The molecule has 1 unspecified atom stereocenters. The summed E-state index contributed by atoms with van der Waals surface area (Å²) in [5, 5.41) is 3.00. The number of alkyl halides is 3. The van der Waals surface area contributed by atoms with Gasteiger partial charge in [0.1, 0.15) is 17.6 Å². The van der Waals surface area contributed by atoms with Crippen molar-refractivity contribution < 1.29 is 27.2 Å². The molecule has 1 aliphatic heterocycles. The molecule has 0 bridgehead atoms. The van der Waals surface area contributed by atoms with Gasteiger partial charge in [0.05, 0.1) is 5.52 Å². The van der Waals surface area contributed by atoms with Crippen molar-refractivity contribution in [1.82, 2.24) is 9.88 Å². The molecule has 4 rings (SSSR count). The standard InChI is InChI=1S/C23H22F4N4O2/c1-13-6-7-18(24)17-11-19(29-21(13)17)22(33)28-15-4-3-5-16(10-15)30-8-9-31(14(2)32)20(12-30)23(25,26)27/h3-7,10-11,20,29H,8-9,12H2,1-2H3,(H,28,33). The lowest BCUT2D eigenvalue weighted by atomic mass is 10.1. The number of halogens is 4. The lowest BCUT2D eigenvalue weighted by Gasteiger charge is -2.42. The Hall–Kier alpha value is -3.56. The van der Waals surface area contributed by atoms with Gasteiger partial charge < -0.3 is 20.1 Å². The van der Waals surface area contributed by atoms with Gasteiger partial charge >= 0.3 is 6.18 Å². The van der Waals surface area contributed by atoms with E-state index in [9.17, 15) is 27.2 Å². The van der Waals surface area contributed by atoms with Crippen LogP contribution in [0, 0.1) is 12.7 Å². The Morgan fingerprint density at radius 1 is 1.12 bits per heavy atom. The quantitative estimate of drug-likeness (QED) is 0.565. The first-order valence-electron chi connectivity index (χ1n) is 10.3. The first kappa shape index (κ1) is 22.6. The molecular weight excluding hydrogens is 440 g/mol. The van der Waals surface area contributed by atoms with Crippen LogP contribution in [0.5, 0.6) is 0 Å². The molecule has 2 aromatic carbocycles. The van der Waals surface area contributed by atoms with Crippen molar-refractivity contribution in [2.24, 2.45) is 0 Å². The molecule has 2 amide bonds. The van der Waals surface area contributed by atoms with E-state index in [1.165, 1.54) is 17.0 Å². The van der Waals surface area contributed by atoms with Crippen molar-refractivity contribution in [3.63, 3.8) is 0 Å². The number of nitrogens with one attached hydrogen (secondary N) is 2. The number of carbonyl (C=O) groups is 2. The van der Waals surface area contributed by atoms with E-state index in [1.54, 1.807) is 37.3 Å². The zero-order valence-electron chi connectivity index (χ0n) is 18.0. The van der Waals surface area contributed by atoms with Gasteiger partial charge in [-0.1, -0.05) is 12.1 Å². The van der Waals surface area contributed by atoms with Gasteiger partial charge in [-0.25, -0.2) is 4.39 Å². The fourth-order valence-corrected chi connectivity index (χ4v) is 4.10. The minimum atomic E-state index is -4.56. The number of nitrogens with zero attached hydrogens (tertiary/aromatic N) is 2. The van der Waals surface area contributed by atoms with Gasteiger partial charge in [-0.2, -0.15) is 13.2 Å². The fourth-order valence-electron chi connectivity index (χ4n) is 4.10. The van der Waals surface area contributed by atoms with E-state index in [4.69, 9.17) is 0 Å². The maximum Gasteiger partial charge on any atom is 0.410 e. The monoisotopic (exact) mass is 462 g/mol. The van der Waals surface area contributed by atoms with Gasteiger partial charge in [0.25, 0.3) is 5.91 Å². The molecule has 2 heterocycles. The molecule has 174 valence electrons. The summed E-state index contributed by atoms with van der Waals surface area (Å²) in [5.41, 5.74) is 2.34. The average molecular weight is 462 g/mol. The van der Waals surface area contributed by atoms with Crippen LogP contribution in [0.15, 0.2) is 42.5 Å². The van der Waals surface area contributed by atoms with Gasteiger partial charge in [0.15, 0.2) is 0 Å². The Kier molecular flexibility index (Phi) is 5.77. The highest BCUT2D eigenvalue weighted by Crippen LogP contribution is 2.31. The maximum atomic E-state index is 14.1.